The largest absolute Gasteiger partial charge is 0.479 e. The van der Waals surface area contributed by atoms with Crippen LogP contribution >= 0.6 is 0 Å². The van der Waals surface area contributed by atoms with Crippen LogP contribution in [0.2, 0.25) is 0 Å². The molecule has 0 aromatic heterocycles. The molecule has 0 aromatic rings. The number of hydrogen-bond donors (Lipinski definition) is 3. The summed E-state index contributed by atoms with van der Waals surface area (Å²) < 4.78 is 43.9. The Kier molecular flexibility index (Phi) is 12.6. The fourth-order valence-corrected chi connectivity index (χ4v) is 8.59. The Hall–Kier alpha value is -1.68. The van der Waals surface area contributed by atoms with Gasteiger partial charge in [-0.25, -0.2) is 0 Å². The molecule has 0 aliphatic carbocycles. The molecular formula is C37H63NO12. The first-order valence-corrected chi connectivity index (χ1v) is 18.2. The number of cyclic esters (lactones) is 1. The fraction of sp³-hybridized carbons (Fsp3) is 0.892. The van der Waals surface area contributed by atoms with Crippen molar-refractivity contribution >= 4 is 11.8 Å². The van der Waals surface area contributed by atoms with Crippen molar-refractivity contribution in [3.8, 4) is 0 Å². The number of esters is 1. The van der Waals surface area contributed by atoms with Crippen LogP contribution < -0.4 is 0 Å². The van der Waals surface area contributed by atoms with Gasteiger partial charge in [-0.15, -0.1) is 0 Å². The number of ether oxygens (including phenoxy) is 7. The molecule has 50 heavy (non-hydrogen) atoms. The first-order valence-electron chi connectivity index (χ1n) is 18.2. The Morgan fingerprint density at radius 1 is 0.980 bits per heavy atom. The minimum atomic E-state index is -1.63. The van der Waals surface area contributed by atoms with Gasteiger partial charge in [-0.3, -0.25) is 9.59 Å². The number of methoxy groups -OCH3 is 1. The van der Waals surface area contributed by atoms with Gasteiger partial charge >= 0.3 is 5.97 Å². The summed E-state index contributed by atoms with van der Waals surface area (Å²) in [7, 11) is 5.27. The van der Waals surface area contributed by atoms with Crippen LogP contribution in [-0.2, 0) is 42.7 Å². The summed E-state index contributed by atoms with van der Waals surface area (Å²) in [5, 5.41) is 34.9. The molecule has 4 rings (SSSR count). The van der Waals surface area contributed by atoms with Crippen molar-refractivity contribution in [3.05, 3.63) is 11.3 Å². The zero-order valence-corrected chi connectivity index (χ0v) is 32.3. The summed E-state index contributed by atoms with van der Waals surface area (Å²) in [6.45, 7) is 17.6. The lowest BCUT2D eigenvalue weighted by molar-refractivity contribution is -0.317. The van der Waals surface area contributed by atoms with Crippen LogP contribution in [0.3, 0.4) is 0 Å². The van der Waals surface area contributed by atoms with Gasteiger partial charge in [0.25, 0.3) is 0 Å². The molecule has 3 saturated heterocycles. The minimum absolute atomic E-state index is 0.102. The number of hydrogen-bond acceptors (Lipinski definition) is 13. The van der Waals surface area contributed by atoms with Crippen molar-refractivity contribution in [3.63, 3.8) is 0 Å². The summed E-state index contributed by atoms with van der Waals surface area (Å²) in [6, 6.07) is -0.275. The quantitative estimate of drug-likeness (QED) is 0.331. The third kappa shape index (κ3) is 7.82. The van der Waals surface area contributed by atoms with Gasteiger partial charge in [-0.1, -0.05) is 20.8 Å². The summed E-state index contributed by atoms with van der Waals surface area (Å²) in [5.74, 6) is -2.61. The zero-order valence-electron chi connectivity index (χ0n) is 32.3. The molecule has 16 atom stereocenters. The number of fused-ring (bicyclic) bond motifs is 2. The first-order chi connectivity index (χ1) is 23.1. The number of aliphatic hydroxyl groups excluding tert-OH is 2. The van der Waals surface area contributed by atoms with Crippen LogP contribution in [0.25, 0.3) is 0 Å². The Morgan fingerprint density at radius 2 is 1.62 bits per heavy atom. The molecule has 4 aliphatic rings. The molecule has 13 heteroatoms. The Bertz CT molecular complexity index is 1260. The molecule has 4 aliphatic heterocycles. The second-order valence-electron chi connectivity index (χ2n) is 16.1. The normalized spacial score (nSPS) is 48.1. The van der Waals surface area contributed by atoms with E-state index in [1.807, 2.05) is 46.7 Å². The van der Waals surface area contributed by atoms with Crippen molar-refractivity contribution in [2.24, 2.45) is 17.8 Å². The molecule has 0 saturated carbocycles. The summed E-state index contributed by atoms with van der Waals surface area (Å²) in [5.41, 5.74) is -3.67. The van der Waals surface area contributed by atoms with Gasteiger partial charge in [0, 0.05) is 37.0 Å². The molecule has 2 bridgehead atoms. The van der Waals surface area contributed by atoms with Gasteiger partial charge in [-0.2, -0.15) is 0 Å². The van der Waals surface area contributed by atoms with Gasteiger partial charge in [0.1, 0.15) is 24.1 Å². The minimum Gasteiger partial charge on any atom is -0.479 e. The van der Waals surface area contributed by atoms with E-state index < -0.39 is 89.7 Å². The number of allylic oxidation sites excluding steroid dienone is 1. The zero-order chi connectivity index (χ0) is 37.7. The predicted octanol–water partition coefficient (Wildman–Crippen LogP) is 3.10. The van der Waals surface area contributed by atoms with Crippen LogP contribution in [0.1, 0.15) is 94.9 Å². The summed E-state index contributed by atoms with van der Waals surface area (Å²) in [4.78, 5) is 29.8. The topological polar surface area (TPSA) is 163 Å². The number of Topliss-reactive ketones (excluding diaryl/α,β-unsaturated/α-hetero) is 1. The maximum Gasteiger partial charge on any atom is 0.311 e. The lowest BCUT2D eigenvalue weighted by Gasteiger charge is -2.48. The van der Waals surface area contributed by atoms with E-state index in [-0.39, 0.29) is 30.8 Å². The predicted molar refractivity (Wildman–Crippen MR) is 183 cm³/mol. The number of nitrogens with zero attached hydrogens (tertiary/aromatic N) is 1. The molecule has 0 unspecified atom stereocenters. The SMILES string of the molecule is CC[C@H]1OC(=O)[C@H](C)[C@@H](O[C@H]2C[C@@](C)(OC)[C@H](O)[C@@H](C)O2)[C@H](C)[C@@H](O[C@H]2O[C@@H](C)C[C@@H](N(C)C)[C@@H]2O)[C@@](C)(O)C[C@@H](C)C2=C(C)C(=O)[C@@]1(C)O2. The molecule has 0 spiro atoms. The van der Waals surface area contributed by atoms with Crippen LogP contribution in [0.4, 0.5) is 0 Å². The van der Waals surface area contributed by atoms with Crippen molar-refractivity contribution in [2.75, 3.05) is 21.2 Å². The lowest BCUT2D eigenvalue weighted by Crippen LogP contribution is -2.60. The maximum absolute atomic E-state index is 14.2. The molecule has 13 nitrogen and oxygen atoms in total. The second kappa shape index (κ2) is 15.4. The van der Waals surface area contributed by atoms with E-state index in [9.17, 15) is 24.9 Å². The molecule has 288 valence electrons. The third-order valence-corrected chi connectivity index (χ3v) is 11.7. The highest BCUT2D eigenvalue weighted by Gasteiger charge is 2.56. The number of aliphatic hydroxyl groups is 3. The summed E-state index contributed by atoms with van der Waals surface area (Å²) >= 11 is 0. The van der Waals surface area contributed by atoms with E-state index in [1.165, 1.54) is 7.11 Å². The van der Waals surface area contributed by atoms with Crippen molar-refractivity contribution < 1.29 is 58.1 Å². The molecule has 0 amide bonds. The average Bonchev–Trinajstić information content (AvgIpc) is 3.28. The van der Waals surface area contributed by atoms with Crippen LogP contribution in [-0.4, -0.2) is 131 Å². The molecule has 0 radical (unpaired) electrons. The molecule has 3 fully saturated rings. The Morgan fingerprint density at radius 3 is 2.20 bits per heavy atom. The average molecular weight is 714 g/mol. The van der Waals surface area contributed by atoms with Crippen molar-refractivity contribution in [1.29, 1.82) is 0 Å². The van der Waals surface area contributed by atoms with Gasteiger partial charge in [-0.05, 0) is 81.8 Å². The van der Waals surface area contributed by atoms with Gasteiger partial charge in [0.05, 0.1) is 41.5 Å². The summed E-state index contributed by atoms with van der Waals surface area (Å²) in [6.07, 6.45) is -6.74. The highest BCUT2D eigenvalue weighted by molar-refractivity contribution is 6.04. The van der Waals surface area contributed by atoms with E-state index in [2.05, 4.69) is 0 Å². The van der Waals surface area contributed by atoms with Crippen molar-refractivity contribution in [1.82, 2.24) is 4.90 Å². The highest BCUT2D eigenvalue weighted by Crippen LogP contribution is 2.44. The van der Waals surface area contributed by atoms with Gasteiger partial charge in [0.15, 0.2) is 12.6 Å². The van der Waals surface area contributed by atoms with Crippen molar-refractivity contribution in [2.45, 2.75) is 173 Å². The number of ketones is 1. The molecular weight excluding hydrogens is 650 g/mol. The molecule has 3 N–H and O–H groups in total. The van der Waals surface area contributed by atoms with Gasteiger partial charge in [0.2, 0.25) is 11.4 Å². The fourth-order valence-electron chi connectivity index (χ4n) is 8.59. The number of carbonyl (C=O) groups is 2. The van der Waals surface area contributed by atoms with Crippen LogP contribution in [0.15, 0.2) is 11.3 Å². The highest BCUT2D eigenvalue weighted by atomic mass is 16.7. The van der Waals surface area contributed by atoms with E-state index in [0.29, 0.717) is 24.2 Å². The molecule has 0 aromatic carbocycles. The van der Waals surface area contributed by atoms with E-state index >= 15 is 0 Å². The molecule has 4 heterocycles. The third-order valence-electron chi connectivity index (χ3n) is 11.7. The number of carbonyl (C=O) groups excluding carboxylic acids is 2. The Balaban J connectivity index is 1.83. The standard InChI is InChI=1S/C37H63NO12/c1-14-25-37(10)30(40)20(4)28(50-37)18(2)16-35(8,43)32(49-34-27(39)24(38(11)12)15-19(3)45-34)21(5)29(22(6)33(42)47-25)48-26-17-36(9,44-13)31(41)23(7)46-26/h18-19,21-27,29,31-32,34,39,41,43H,14-17H2,1-13H3/t18-,19+,21+,22-,23-,24-,25-,26+,27+,29+,31-,32-,34-,35+,36-,37+/m1/s1. The number of likely N-dealkylation sites (N-methyl/N-ethyl adjacent to an activating group) is 1. The van der Waals surface area contributed by atoms with E-state index in [1.54, 1.807) is 41.5 Å². The maximum atomic E-state index is 14.2. The van der Waals surface area contributed by atoms with E-state index in [4.69, 9.17) is 33.2 Å². The van der Waals surface area contributed by atoms with Crippen LogP contribution in [0.5, 0.6) is 0 Å². The van der Waals surface area contributed by atoms with E-state index in [0.717, 1.165) is 0 Å². The smallest absolute Gasteiger partial charge is 0.311 e. The number of rotatable bonds is 7. The van der Waals surface area contributed by atoms with Crippen LogP contribution in [0, 0.1) is 17.8 Å². The van der Waals surface area contributed by atoms with Gasteiger partial charge < -0.3 is 53.4 Å². The lowest BCUT2D eigenvalue weighted by atomic mass is 9.77. The first kappa shape index (κ1) is 41.1. The second-order valence-corrected chi connectivity index (χ2v) is 16.1. The monoisotopic (exact) mass is 713 g/mol. The Labute approximate surface area is 297 Å².